The molecular formula is C80H151N3O17S. The predicted octanol–water partition coefficient (Wildman–Crippen LogP) is 19.0. The molecule has 3 amide bonds. The summed E-state index contributed by atoms with van der Waals surface area (Å²) in [6.45, 7) is 11.9. The van der Waals surface area contributed by atoms with Gasteiger partial charge in [-0.15, -0.1) is 0 Å². The summed E-state index contributed by atoms with van der Waals surface area (Å²) in [7, 11) is -5.32. The van der Waals surface area contributed by atoms with Crippen LogP contribution in [0, 0.1) is 0 Å². The predicted molar refractivity (Wildman–Crippen MR) is 403 cm³/mol. The lowest BCUT2D eigenvalue weighted by molar-refractivity contribution is -0.327. The van der Waals surface area contributed by atoms with E-state index in [4.69, 9.17) is 28.6 Å². The van der Waals surface area contributed by atoms with Crippen LogP contribution >= 0.6 is 0 Å². The number of hydrogen-bond acceptors (Lipinski definition) is 16. The van der Waals surface area contributed by atoms with Crippen LogP contribution in [0.15, 0.2) is 0 Å². The Bertz CT molecular complexity index is 2120. The highest BCUT2D eigenvalue weighted by Crippen LogP contribution is 2.28. The Morgan fingerprint density at radius 3 is 0.960 bits per heavy atom. The lowest BCUT2D eigenvalue weighted by Gasteiger charge is -2.45. The molecule has 0 aromatic carbocycles. The summed E-state index contributed by atoms with van der Waals surface area (Å²) in [5, 5.41) is 19.6. The number of amides is 3. The summed E-state index contributed by atoms with van der Waals surface area (Å²) in [5.74, 6) is -2.90. The molecule has 594 valence electrons. The summed E-state index contributed by atoms with van der Waals surface area (Å²) in [6, 6.07) is -3.01. The molecule has 1 fully saturated rings. The first-order valence-electron chi connectivity index (χ1n) is 41.7. The van der Waals surface area contributed by atoms with Crippen molar-refractivity contribution < 1.29 is 79.7 Å². The first-order valence-corrected chi connectivity index (χ1v) is 43.0. The van der Waals surface area contributed by atoms with Crippen molar-refractivity contribution in [2.75, 3.05) is 19.8 Å². The monoisotopic (exact) mass is 1460 g/mol. The third-order valence-corrected chi connectivity index (χ3v) is 19.7. The van der Waals surface area contributed by atoms with Gasteiger partial charge < -0.3 is 44.7 Å². The van der Waals surface area contributed by atoms with E-state index < -0.39 is 89.7 Å². The van der Waals surface area contributed by atoms with Gasteiger partial charge in [0.15, 0.2) is 6.29 Å². The van der Waals surface area contributed by atoms with E-state index in [1.807, 2.05) is 0 Å². The van der Waals surface area contributed by atoms with Gasteiger partial charge in [0, 0.05) is 25.8 Å². The van der Waals surface area contributed by atoms with Gasteiger partial charge in [-0.3, -0.25) is 33.3 Å². The van der Waals surface area contributed by atoms with Crippen LogP contribution in [-0.4, -0.2) is 122 Å². The van der Waals surface area contributed by atoms with Gasteiger partial charge in [0.05, 0.1) is 38.5 Å². The minimum Gasteiger partial charge on any atom is -0.462 e. The lowest BCUT2D eigenvalue weighted by atomic mass is 9.93. The number of rotatable bonds is 73. The van der Waals surface area contributed by atoms with Crippen LogP contribution in [-0.2, 0) is 72.1 Å². The van der Waals surface area contributed by atoms with E-state index >= 15 is 0 Å². The molecule has 1 heterocycles. The quantitative estimate of drug-likeness (QED) is 0.00945. The molecule has 1 aliphatic heterocycles. The molecular weight excluding hydrogens is 1310 g/mol. The standard InChI is InChI=1S/C80H151N3O17S/c1-7-13-19-25-31-34-40-43-49-55-67(95-74(88)58-52-46-37-28-22-16-10-4)63-71(85)81-61-62-94-80-78(83-73(87)65-69(57-51-45-42-36-33-27-21-15-9-3)97-76(90)60-54-48-39-30-24-18-12-6)77(79(70(66-84)98-80)99-100-101(91,92)93)82-72(86)64-68(56-50-44-41-35-32-26-20-14-8-2)96-75(89)59-53-47-38-29-23-17-11-5/h67-70,77-80,84H,7-66H2,1-6H3,(H,81,85)(H,82,86)(H,83,87)(H,91,92,93)/t67-,68-,69-,70-,77+,78-,79-,80-/m1/s1. The molecule has 0 saturated carbocycles. The van der Waals surface area contributed by atoms with E-state index in [2.05, 4.69) is 61.8 Å². The Hall–Kier alpha value is -3.47. The summed E-state index contributed by atoms with van der Waals surface area (Å²) >= 11 is 0. The zero-order chi connectivity index (χ0) is 74.1. The number of carbonyl (C=O) groups is 6. The highest BCUT2D eigenvalue weighted by molar-refractivity contribution is 7.80. The average Bonchev–Trinajstić information content (AvgIpc) is 0.786. The van der Waals surface area contributed by atoms with Crippen molar-refractivity contribution in [2.45, 2.75) is 456 Å². The number of carbonyl (C=O) groups excluding carboxylic acids is 6. The first-order chi connectivity index (χ1) is 49.0. The number of ether oxygens (including phenoxy) is 5. The molecule has 20 nitrogen and oxygen atoms in total. The van der Waals surface area contributed by atoms with E-state index in [9.17, 15) is 46.8 Å². The maximum absolute atomic E-state index is 14.8. The molecule has 0 aromatic heterocycles. The second-order valence-electron chi connectivity index (χ2n) is 29.1. The van der Waals surface area contributed by atoms with Crippen molar-refractivity contribution in [3.63, 3.8) is 0 Å². The molecule has 21 heteroatoms. The summed E-state index contributed by atoms with van der Waals surface area (Å²) in [6.07, 6.45) is 44.5. The van der Waals surface area contributed by atoms with Crippen molar-refractivity contribution in [1.82, 2.24) is 16.0 Å². The smallest absolute Gasteiger partial charge is 0.424 e. The Labute approximate surface area is 615 Å². The van der Waals surface area contributed by atoms with Gasteiger partial charge in [0.25, 0.3) is 0 Å². The fourth-order valence-electron chi connectivity index (χ4n) is 13.4. The second-order valence-corrected chi connectivity index (χ2v) is 30.1. The molecule has 1 aliphatic rings. The molecule has 0 unspecified atom stereocenters. The Morgan fingerprint density at radius 1 is 0.386 bits per heavy atom. The fourth-order valence-corrected chi connectivity index (χ4v) is 13.6. The third kappa shape index (κ3) is 56.5. The third-order valence-electron chi connectivity index (χ3n) is 19.5. The van der Waals surface area contributed by atoms with Crippen molar-refractivity contribution in [3.8, 4) is 0 Å². The highest BCUT2D eigenvalue weighted by Gasteiger charge is 2.50. The molecule has 0 aromatic rings. The van der Waals surface area contributed by atoms with E-state index in [1.165, 1.54) is 103 Å². The molecule has 1 rings (SSSR count). The zero-order valence-electron chi connectivity index (χ0n) is 65.0. The average molecular weight is 1460 g/mol. The van der Waals surface area contributed by atoms with Gasteiger partial charge in [-0.05, 0) is 57.8 Å². The molecule has 0 radical (unpaired) electrons. The number of aliphatic hydroxyl groups is 1. The van der Waals surface area contributed by atoms with Crippen molar-refractivity contribution in [3.05, 3.63) is 0 Å². The minimum absolute atomic E-state index is 0.0791. The molecule has 0 aliphatic carbocycles. The topological polar surface area (TPSA) is 278 Å². The van der Waals surface area contributed by atoms with E-state index in [-0.39, 0.29) is 63.6 Å². The molecule has 8 atom stereocenters. The van der Waals surface area contributed by atoms with Gasteiger partial charge in [-0.25, -0.2) is 4.89 Å². The Kier molecular flexibility index (Phi) is 63.5. The van der Waals surface area contributed by atoms with Crippen LogP contribution in [0.4, 0.5) is 0 Å². The molecule has 1 saturated heterocycles. The van der Waals surface area contributed by atoms with Crippen LogP contribution in [0.3, 0.4) is 0 Å². The Morgan fingerprint density at radius 2 is 0.663 bits per heavy atom. The largest absolute Gasteiger partial charge is 0.462 e. The normalized spacial score (nSPS) is 17.1. The fraction of sp³-hybridized carbons (Fsp3) is 0.925. The zero-order valence-corrected chi connectivity index (χ0v) is 65.8. The molecule has 0 bridgehead atoms. The van der Waals surface area contributed by atoms with Crippen LogP contribution < -0.4 is 16.0 Å². The van der Waals surface area contributed by atoms with E-state index in [1.54, 1.807) is 0 Å². The lowest BCUT2D eigenvalue weighted by Crippen LogP contribution is -2.70. The van der Waals surface area contributed by atoms with Crippen LogP contribution in [0.25, 0.3) is 0 Å². The van der Waals surface area contributed by atoms with Gasteiger partial charge >= 0.3 is 28.3 Å². The number of aliphatic hydroxyl groups excluding tert-OH is 1. The van der Waals surface area contributed by atoms with Gasteiger partial charge in [-0.1, -0.05) is 316 Å². The summed E-state index contributed by atoms with van der Waals surface area (Å²) < 4.78 is 69.6. The molecule has 5 N–H and O–H groups in total. The summed E-state index contributed by atoms with van der Waals surface area (Å²) in [4.78, 5) is 89.1. The van der Waals surface area contributed by atoms with Crippen LogP contribution in [0.5, 0.6) is 0 Å². The van der Waals surface area contributed by atoms with Crippen molar-refractivity contribution in [2.24, 2.45) is 0 Å². The summed E-state index contributed by atoms with van der Waals surface area (Å²) in [5.41, 5.74) is 0. The van der Waals surface area contributed by atoms with Gasteiger partial charge in [-0.2, -0.15) is 8.42 Å². The number of hydrogen-bond donors (Lipinski definition) is 5. The molecule has 101 heavy (non-hydrogen) atoms. The van der Waals surface area contributed by atoms with Crippen LogP contribution in [0.2, 0.25) is 0 Å². The second kappa shape index (κ2) is 67.2. The SMILES string of the molecule is CCCCCCCCCCC[C@H](CC(=O)NCCO[C@@H]1O[C@H](CO)[C@@H](OOS(=O)(=O)O)[C@@H](NC(=O)C[C@@H](CCCCCCCCCCC)OC(=O)CCCCCCCCC)[C@H]1NC(=O)C[C@@H](CCCCCCCCCCC)OC(=O)CCCCCCCCC)OC(=O)CCCCCCCCC. The van der Waals surface area contributed by atoms with E-state index in [0.29, 0.717) is 51.4 Å². The minimum atomic E-state index is -5.32. The number of nitrogens with one attached hydrogen (secondary N) is 3. The maximum Gasteiger partial charge on any atom is 0.424 e. The highest BCUT2D eigenvalue weighted by atomic mass is 32.3. The number of esters is 3. The molecule has 0 spiro atoms. The van der Waals surface area contributed by atoms with Crippen molar-refractivity contribution in [1.29, 1.82) is 0 Å². The van der Waals surface area contributed by atoms with Crippen LogP contribution in [0.1, 0.15) is 408 Å². The van der Waals surface area contributed by atoms with Gasteiger partial charge in [0.2, 0.25) is 17.7 Å². The Balaban J connectivity index is 3.73. The number of unbranched alkanes of at least 4 members (excludes halogenated alkanes) is 42. The van der Waals surface area contributed by atoms with E-state index in [0.717, 1.165) is 173 Å². The van der Waals surface area contributed by atoms with Gasteiger partial charge in [0.1, 0.15) is 36.6 Å². The maximum atomic E-state index is 14.8. The first kappa shape index (κ1) is 95.5. The van der Waals surface area contributed by atoms with Crippen molar-refractivity contribution >= 4 is 46.0 Å².